The van der Waals surface area contributed by atoms with Crippen molar-refractivity contribution in [2.75, 3.05) is 18.8 Å². The van der Waals surface area contributed by atoms with Crippen molar-refractivity contribution < 1.29 is 13.6 Å². The number of nitrogen functional groups attached to an aromatic ring is 1. The summed E-state index contributed by atoms with van der Waals surface area (Å²) in [6.45, 7) is 3.09. The van der Waals surface area contributed by atoms with Gasteiger partial charge in [-0.15, -0.1) is 0 Å². The lowest BCUT2D eigenvalue weighted by Crippen LogP contribution is -2.38. The van der Waals surface area contributed by atoms with Crippen molar-refractivity contribution in [1.29, 1.82) is 0 Å². The van der Waals surface area contributed by atoms with E-state index in [1.165, 1.54) is 6.07 Å². The van der Waals surface area contributed by atoms with Crippen molar-refractivity contribution in [1.82, 2.24) is 5.32 Å². The van der Waals surface area contributed by atoms with E-state index in [1.54, 1.807) is 13.0 Å². The summed E-state index contributed by atoms with van der Waals surface area (Å²) >= 11 is 6.12. The van der Waals surface area contributed by atoms with Gasteiger partial charge >= 0.3 is 0 Å². The average Bonchev–Trinajstić information content (AvgIpc) is 2.91. The molecule has 23 heavy (non-hydrogen) atoms. The fourth-order valence-corrected chi connectivity index (χ4v) is 3.33. The van der Waals surface area contributed by atoms with E-state index in [4.69, 9.17) is 21.8 Å². The molecule has 2 heterocycles. The van der Waals surface area contributed by atoms with Crippen LogP contribution in [0.3, 0.4) is 0 Å². The third kappa shape index (κ3) is 3.21. The van der Waals surface area contributed by atoms with Gasteiger partial charge in [0, 0.05) is 11.8 Å². The monoisotopic (exact) mass is 338 g/mol. The van der Waals surface area contributed by atoms with Crippen molar-refractivity contribution in [3.8, 4) is 0 Å². The zero-order valence-corrected chi connectivity index (χ0v) is 13.8. The number of fused-ring (bicyclic) bond motifs is 1. The van der Waals surface area contributed by atoms with Crippen LogP contribution in [0.2, 0.25) is 5.02 Å². The van der Waals surface area contributed by atoms with Gasteiger partial charge in [-0.1, -0.05) is 11.6 Å². The van der Waals surface area contributed by atoms with Gasteiger partial charge in [0.1, 0.15) is 17.0 Å². The van der Waals surface area contributed by atoms with Crippen molar-refractivity contribution >= 4 is 34.0 Å². The van der Waals surface area contributed by atoms with Gasteiger partial charge in [0.05, 0.1) is 16.3 Å². The van der Waals surface area contributed by atoms with Crippen LogP contribution < -0.4 is 11.1 Å². The second-order valence-corrected chi connectivity index (χ2v) is 6.65. The lowest BCUT2D eigenvalue weighted by molar-refractivity contribution is 0.0829. The fourth-order valence-electron chi connectivity index (χ4n) is 3.12. The molecule has 3 N–H and O–H groups in total. The van der Waals surface area contributed by atoms with E-state index in [1.807, 2.05) is 0 Å². The average molecular weight is 339 g/mol. The minimum atomic E-state index is -1.27. The van der Waals surface area contributed by atoms with Gasteiger partial charge in [0.25, 0.3) is 0 Å². The highest BCUT2D eigenvalue weighted by molar-refractivity contribution is 6.35. The van der Waals surface area contributed by atoms with Crippen molar-refractivity contribution in [2.45, 2.75) is 38.3 Å². The second-order valence-electron chi connectivity index (χ2n) is 6.24. The number of alkyl halides is 1. The Morgan fingerprint density at radius 1 is 1.43 bits per heavy atom. The van der Waals surface area contributed by atoms with E-state index in [2.05, 4.69) is 5.32 Å². The third-order valence-electron chi connectivity index (χ3n) is 4.52. The largest absolute Gasteiger partial charge is 0.461 e. The number of nitrogens with one attached hydrogen (secondary N) is 1. The number of hydrogen-bond donors (Lipinski definition) is 2. The predicted octanol–water partition coefficient (Wildman–Crippen LogP) is 4.03. The predicted molar refractivity (Wildman–Crippen MR) is 89.9 cm³/mol. The SMILES string of the molecule is Cc1cc2c(N)c(Cl)cc(C(=O)CCC3(F)CCNCC3)c2o1. The maximum Gasteiger partial charge on any atom is 0.166 e. The summed E-state index contributed by atoms with van der Waals surface area (Å²) in [5.41, 5.74) is 5.89. The third-order valence-corrected chi connectivity index (χ3v) is 4.83. The van der Waals surface area contributed by atoms with E-state index >= 15 is 0 Å². The lowest BCUT2D eigenvalue weighted by Gasteiger charge is -2.29. The van der Waals surface area contributed by atoms with Crippen molar-refractivity contribution in [2.24, 2.45) is 0 Å². The number of piperidine rings is 1. The Kier molecular flexibility index (Phi) is 4.34. The molecule has 1 aromatic heterocycles. The van der Waals surface area contributed by atoms with E-state index in [0.29, 0.717) is 58.9 Å². The Bertz CT molecular complexity index is 751. The van der Waals surface area contributed by atoms with E-state index < -0.39 is 5.67 Å². The van der Waals surface area contributed by atoms with Gasteiger partial charge in [-0.05, 0) is 51.4 Å². The molecule has 1 saturated heterocycles. The minimum Gasteiger partial charge on any atom is -0.461 e. The summed E-state index contributed by atoms with van der Waals surface area (Å²) in [7, 11) is 0. The molecule has 0 bridgehead atoms. The van der Waals surface area contributed by atoms with Crippen LogP contribution in [-0.4, -0.2) is 24.5 Å². The van der Waals surface area contributed by atoms with Crippen LogP contribution in [0.15, 0.2) is 16.5 Å². The maximum atomic E-state index is 14.6. The van der Waals surface area contributed by atoms with Gasteiger partial charge in [-0.25, -0.2) is 4.39 Å². The zero-order chi connectivity index (χ0) is 16.6. The van der Waals surface area contributed by atoms with E-state index in [-0.39, 0.29) is 18.6 Å². The van der Waals surface area contributed by atoms with Crippen LogP contribution in [0.4, 0.5) is 10.1 Å². The number of rotatable bonds is 4. The number of benzene rings is 1. The van der Waals surface area contributed by atoms with E-state index in [0.717, 1.165) is 0 Å². The zero-order valence-electron chi connectivity index (χ0n) is 13.0. The lowest BCUT2D eigenvalue weighted by atomic mass is 9.88. The Hall–Kier alpha value is -1.59. The highest BCUT2D eigenvalue weighted by atomic mass is 35.5. The first-order valence-electron chi connectivity index (χ1n) is 7.81. The number of anilines is 1. The summed E-state index contributed by atoms with van der Waals surface area (Å²) < 4.78 is 20.3. The molecular weight excluding hydrogens is 319 g/mol. The van der Waals surface area contributed by atoms with Crippen LogP contribution in [0.1, 0.15) is 41.8 Å². The number of furan rings is 1. The summed E-state index contributed by atoms with van der Waals surface area (Å²) in [5, 5.41) is 4.08. The summed E-state index contributed by atoms with van der Waals surface area (Å²) in [6.07, 6.45) is 1.23. The number of halogens is 2. The summed E-state index contributed by atoms with van der Waals surface area (Å²) in [4.78, 5) is 12.6. The van der Waals surface area contributed by atoms with Gasteiger partial charge in [-0.2, -0.15) is 0 Å². The molecule has 1 aliphatic rings. The molecule has 0 unspecified atom stereocenters. The van der Waals surface area contributed by atoms with Crippen LogP contribution in [0.5, 0.6) is 0 Å². The van der Waals surface area contributed by atoms with E-state index in [9.17, 15) is 9.18 Å². The Balaban J connectivity index is 1.85. The molecular formula is C17H20ClFN2O2. The van der Waals surface area contributed by atoms with Gasteiger partial charge in [-0.3, -0.25) is 4.79 Å². The molecule has 0 atom stereocenters. The first-order chi connectivity index (χ1) is 10.9. The number of aryl methyl sites for hydroxylation is 1. The maximum absolute atomic E-state index is 14.6. The molecule has 0 amide bonds. The van der Waals surface area contributed by atoms with Crippen molar-refractivity contribution in [3.05, 3.63) is 28.5 Å². The fraction of sp³-hybridized carbons (Fsp3) is 0.471. The van der Waals surface area contributed by atoms with Gasteiger partial charge in [0.15, 0.2) is 5.78 Å². The molecule has 2 aromatic rings. The highest BCUT2D eigenvalue weighted by Crippen LogP contribution is 2.35. The molecule has 1 aromatic carbocycles. The number of carbonyl (C=O) groups is 1. The number of nitrogens with two attached hydrogens (primary N) is 1. The molecule has 6 heteroatoms. The molecule has 0 aliphatic carbocycles. The Labute approximate surface area is 139 Å². The Morgan fingerprint density at radius 2 is 2.13 bits per heavy atom. The molecule has 4 nitrogen and oxygen atoms in total. The molecule has 1 aliphatic heterocycles. The number of Topliss-reactive ketones (excluding diaryl/α,β-unsaturated/α-hetero) is 1. The molecule has 1 fully saturated rings. The van der Waals surface area contributed by atoms with Crippen molar-refractivity contribution in [3.63, 3.8) is 0 Å². The smallest absolute Gasteiger partial charge is 0.166 e. The van der Waals surface area contributed by atoms with Crippen LogP contribution >= 0.6 is 11.6 Å². The topological polar surface area (TPSA) is 68.3 Å². The molecule has 3 rings (SSSR count). The number of carbonyl (C=O) groups excluding carboxylic acids is 1. The summed E-state index contributed by atoms with van der Waals surface area (Å²) in [6, 6.07) is 3.29. The van der Waals surface area contributed by atoms with Crippen LogP contribution in [0, 0.1) is 6.92 Å². The normalized spacial score (nSPS) is 17.5. The van der Waals surface area contributed by atoms with Crippen LogP contribution in [-0.2, 0) is 0 Å². The molecule has 0 radical (unpaired) electrons. The van der Waals surface area contributed by atoms with Gasteiger partial charge in [0.2, 0.25) is 0 Å². The molecule has 0 saturated carbocycles. The Morgan fingerprint density at radius 3 is 2.83 bits per heavy atom. The standard InChI is InChI=1S/C17H20ClFN2O2/c1-10-8-12-15(20)13(18)9-11(16(12)23-10)14(22)2-3-17(19)4-6-21-7-5-17/h8-9,21H,2-7,20H2,1H3. The van der Waals surface area contributed by atoms with Crippen LogP contribution in [0.25, 0.3) is 11.0 Å². The molecule has 124 valence electrons. The highest BCUT2D eigenvalue weighted by Gasteiger charge is 2.32. The number of ketones is 1. The summed E-state index contributed by atoms with van der Waals surface area (Å²) in [5.74, 6) is 0.491. The molecule has 0 spiro atoms. The van der Waals surface area contributed by atoms with Gasteiger partial charge < -0.3 is 15.5 Å². The minimum absolute atomic E-state index is 0.131. The first kappa shape index (κ1) is 16.3. The number of hydrogen-bond acceptors (Lipinski definition) is 4. The second kappa shape index (κ2) is 6.13. The quantitative estimate of drug-likeness (QED) is 0.652. The first-order valence-corrected chi connectivity index (χ1v) is 8.18.